The molecule has 1 amide bonds. The molecule has 0 unspecified atom stereocenters. The highest BCUT2D eigenvalue weighted by Gasteiger charge is 2.19. The Labute approximate surface area is 219 Å². The van der Waals surface area contributed by atoms with Crippen LogP contribution in [0.4, 0.5) is 11.6 Å². The topological polar surface area (TPSA) is 108 Å². The van der Waals surface area contributed by atoms with Gasteiger partial charge in [0.25, 0.3) is 0 Å². The predicted octanol–water partition coefficient (Wildman–Crippen LogP) is 4.00. The standard InChI is InChI=1S/C27H26ClN7O2/c1-34-10-7-17-12-24(37-2)22(11-18(17)15-34)32-27-31-14-21(28)26(33-27)35-16-19(13-25(36)30-9-8-29)20-5-3-4-6-23(20)35/h3-6,11-12,14,16H,7,9-10,13,15H2,1-2H3,(H,30,36)(H,31,32,33). The van der Waals surface area contributed by atoms with E-state index in [0.29, 0.717) is 16.8 Å². The van der Waals surface area contributed by atoms with Crippen molar-refractivity contribution in [2.24, 2.45) is 0 Å². The van der Waals surface area contributed by atoms with Crippen LogP contribution in [-0.2, 0) is 24.2 Å². The Morgan fingerprint density at radius 2 is 2.11 bits per heavy atom. The number of nitrogens with zero attached hydrogens (tertiary/aromatic N) is 5. The first kappa shape index (κ1) is 24.6. The zero-order chi connectivity index (χ0) is 25.9. The summed E-state index contributed by atoms with van der Waals surface area (Å²) < 4.78 is 7.51. The van der Waals surface area contributed by atoms with E-state index in [0.717, 1.165) is 47.4 Å². The van der Waals surface area contributed by atoms with Gasteiger partial charge in [0.05, 0.1) is 37.0 Å². The Kier molecular flexibility index (Phi) is 6.95. The zero-order valence-corrected chi connectivity index (χ0v) is 21.3. The number of hydrogen-bond acceptors (Lipinski definition) is 7. The van der Waals surface area contributed by atoms with Gasteiger partial charge in [-0.25, -0.2) is 4.98 Å². The van der Waals surface area contributed by atoms with Crippen molar-refractivity contribution in [3.63, 3.8) is 0 Å². The quantitative estimate of drug-likeness (QED) is 0.358. The number of nitriles is 1. The third-order valence-electron chi connectivity index (χ3n) is 6.44. The van der Waals surface area contributed by atoms with Gasteiger partial charge in [0.1, 0.15) is 17.3 Å². The minimum absolute atomic E-state index is 0.0350. The van der Waals surface area contributed by atoms with Crippen LogP contribution in [-0.4, -0.2) is 52.6 Å². The highest BCUT2D eigenvalue weighted by atomic mass is 35.5. The average Bonchev–Trinajstić information content (AvgIpc) is 3.26. The maximum Gasteiger partial charge on any atom is 0.229 e. The maximum atomic E-state index is 12.3. The van der Waals surface area contributed by atoms with E-state index in [4.69, 9.17) is 26.6 Å². The van der Waals surface area contributed by atoms with E-state index in [2.05, 4.69) is 39.7 Å². The molecular weight excluding hydrogens is 490 g/mol. The van der Waals surface area contributed by atoms with Crippen LogP contribution in [0.3, 0.4) is 0 Å². The molecule has 0 aliphatic carbocycles. The van der Waals surface area contributed by atoms with E-state index in [1.54, 1.807) is 13.3 Å². The summed E-state index contributed by atoms with van der Waals surface area (Å²) in [6.45, 7) is 1.84. The summed E-state index contributed by atoms with van der Waals surface area (Å²) in [5.74, 6) is 1.34. The second-order valence-electron chi connectivity index (χ2n) is 8.95. The van der Waals surface area contributed by atoms with Crippen LogP contribution in [0.2, 0.25) is 5.02 Å². The number of aromatic nitrogens is 3. The van der Waals surface area contributed by atoms with E-state index in [1.807, 2.05) is 41.1 Å². The largest absolute Gasteiger partial charge is 0.495 e. The first-order chi connectivity index (χ1) is 18.0. The van der Waals surface area contributed by atoms with Crippen molar-refractivity contribution in [2.75, 3.05) is 32.6 Å². The number of carbonyl (C=O) groups is 1. The number of hydrogen-bond donors (Lipinski definition) is 2. The molecule has 1 aliphatic heterocycles. The molecule has 2 aromatic heterocycles. The van der Waals surface area contributed by atoms with Gasteiger partial charge in [-0.3, -0.25) is 9.36 Å². The lowest BCUT2D eigenvalue weighted by atomic mass is 9.99. The van der Waals surface area contributed by atoms with Crippen LogP contribution in [0, 0.1) is 11.3 Å². The minimum atomic E-state index is -0.231. The molecule has 10 heteroatoms. The van der Waals surface area contributed by atoms with Crippen LogP contribution < -0.4 is 15.4 Å². The van der Waals surface area contributed by atoms with E-state index >= 15 is 0 Å². The van der Waals surface area contributed by atoms with Crippen molar-refractivity contribution in [1.29, 1.82) is 5.26 Å². The number of anilines is 2. The maximum absolute atomic E-state index is 12.3. The summed E-state index contributed by atoms with van der Waals surface area (Å²) in [5.41, 5.74) is 4.95. The SMILES string of the molecule is COc1cc2c(cc1Nc1ncc(Cl)c(-n3cc(CC(=O)NCC#N)c4ccccc43)n1)CN(C)CC2. The van der Waals surface area contributed by atoms with E-state index in [1.165, 1.54) is 11.1 Å². The molecule has 1 aliphatic rings. The van der Waals surface area contributed by atoms with Gasteiger partial charge in [0.15, 0.2) is 5.82 Å². The van der Waals surface area contributed by atoms with Gasteiger partial charge < -0.3 is 20.3 Å². The molecule has 0 saturated carbocycles. The van der Waals surface area contributed by atoms with Crippen LogP contribution in [0.25, 0.3) is 16.7 Å². The molecule has 0 radical (unpaired) electrons. The second-order valence-corrected chi connectivity index (χ2v) is 9.36. The summed E-state index contributed by atoms with van der Waals surface area (Å²) in [6, 6.07) is 13.8. The molecule has 188 valence electrons. The summed E-state index contributed by atoms with van der Waals surface area (Å²) in [7, 11) is 3.76. The molecule has 5 rings (SSSR count). The molecule has 4 aromatic rings. The lowest BCUT2D eigenvalue weighted by molar-refractivity contribution is -0.120. The Balaban J connectivity index is 1.51. The number of methoxy groups -OCH3 is 1. The van der Waals surface area contributed by atoms with E-state index in [9.17, 15) is 4.79 Å². The smallest absolute Gasteiger partial charge is 0.229 e. The molecule has 0 saturated heterocycles. The zero-order valence-electron chi connectivity index (χ0n) is 20.6. The van der Waals surface area contributed by atoms with Crippen molar-refractivity contribution in [1.82, 2.24) is 24.8 Å². The van der Waals surface area contributed by atoms with Crippen molar-refractivity contribution in [3.8, 4) is 17.6 Å². The Hall–Kier alpha value is -4.13. The van der Waals surface area contributed by atoms with Gasteiger partial charge in [-0.2, -0.15) is 10.2 Å². The fourth-order valence-electron chi connectivity index (χ4n) is 4.64. The molecule has 2 aromatic carbocycles. The Bertz CT molecular complexity index is 1530. The van der Waals surface area contributed by atoms with Crippen molar-refractivity contribution >= 4 is 40.0 Å². The number of rotatable bonds is 7. The first-order valence-electron chi connectivity index (χ1n) is 11.9. The average molecular weight is 516 g/mol. The lowest BCUT2D eigenvalue weighted by Gasteiger charge is -2.26. The number of fused-ring (bicyclic) bond motifs is 2. The van der Waals surface area contributed by atoms with Gasteiger partial charge in [-0.1, -0.05) is 29.8 Å². The summed E-state index contributed by atoms with van der Waals surface area (Å²) in [5, 5.41) is 15.9. The normalized spacial score (nSPS) is 13.1. The molecule has 0 fully saturated rings. The fraction of sp³-hybridized carbons (Fsp3) is 0.259. The van der Waals surface area contributed by atoms with Crippen LogP contribution in [0.15, 0.2) is 48.8 Å². The predicted molar refractivity (Wildman–Crippen MR) is 143 cm³/mol. The first-order valence-corrected chi connectivity index (χ1v) is 12.3. The third kappa shape index (κ3) is 5.07. The lowest BCUT2D eigenvalue weighted by Crippen LogP contribution is -2.26. The molecule has 0 spiro atoms. The number of ether oxygens (including phenoxy) is 1. The van der Waals surface area contributed by atoms with Gasteiger partial charge in [-0.15, -0.1) is 0 Å². The van der Waals surface area contributed by atoms with Gasteiger partial charge in [0.2, 0.25) is 11.9 Å². The number of halogens is 1. The minimum Gasteiger partial charge on any atom is -0.495 e. The number of amides is 1. The third-order valence-corrected chi connectivity index (χ3v) is 6.70. The monoisotopic (exact) mass is 515 g/mol. The van der Waals surface area contributed by atoms with Crippen molar-refractivity contribution < 1.29 is 9.53 Å². The van der Waals surface area contributed by atoms with Crippen LogP contribution in [0.5, 0.6) is 5.75 Å². The second kappa shape index (κ2) is 10.5. The number of carbonyl (C=O) groups excluding carboxylic acids is 1. The van der Waals surface area contributed by atoms with Crippen LogP contribution >= 0.6 is 11.6 Å². The number of likely N-dealkylation sites (N-methyl/N-ethyl adjacent to an activating group) is 1. The summed E-state index contributed by atoms with van der Waals surface area (Å²) in [6.07, 6.45) is 4.51. The van der Waals surface area contributed by atoms with Crippen LogP contribution in [0.1, 0.15) is 16.7 Å². The molecule has 0 atom stereocenters. The highest BCUT2D eigenvalue weighted by Crippen LogP contribution is 2.34. The fourth-order valence-corrected chi connectivity index (χ4v) is 4.82. The summed E-state index contributed by atoms with van der Waals surface area (Å²) in [4.78, 5) is 23.7. The number of nitrogens with one attached hydrogen (secondary N) is 2. The summed E-state index contributed by atoms with van der Waals surface area (Å²) >= 11 is 6.57. The number of para-hydroxylation sites is 1. The van der Waals surface area contributed by atoms with Gasteiger partial charge >= 0.3 is 0 Å². The van der Waals surface area contributed by atoms with Gasteiger partial charge in [-0.05, 0) is 48.4 Å². The Morgan fingerprint density at radius 1 is 1.27 bits per heavy atom. The van der Waals surface area contributed by atoms with E-state index in [-0.39, 0.29) is 18.9 Å². The van der Waals surface area contributed by atoms with Crippen molar-refractivity contribution in [2.45, 2.75) is 19.4 Å². The molecule has 0 bridgehead atoms. The van der Waals surface area contributed by atoms with Gasteiger partial charge in [0, 0.05) is 24.7 Å². The number of benzene rings is 2. The van der Waals surface area contributed by atoms with E-state index < -0.39 is 0 Å². The molecule has 37 heavy (non-hydrogen) atoms. The Morgan fingerprint density at radius 3 is 2.92 bits per heavy atom. The molecule has 9 nitrogen and oxygen atoms in total. The molecule has 2 N–H and O–H groups in total. The highest BCUT2D eigenvalue weighted by molar-refractivity contribution is 6.32. The molecule has 3 heterocycles. The molecular formula is C27H26ClN7O2. The van der Waals surface area contributed by atoms with Crippen molar-refractivity contribution in [3.05, 3.63) is 70.5 Å².